The number of nitrogens with one attached hydrogen (secondary N) is 1. The van der Waals surface area contributed by atoms with Crippen molar-refractivity contribution in [1.29, 1.82) is 0 Å². The van der Waals surface area contributed by atoms with Crippen LogP contribution < -0.4 is 9.62 Å². The molecule has 3 heterocycles. The molecule has 0 saturated carbocycles. The highest BCUT2D eigenvalue weighted by Crippen LogP contribution is 2.20. The van der Waals surface area contributed by atoms with Crippen LogP contribution in [0.4, 0.5) is 11.5 Å². The van der Waals surface area contributed by atoms with Gasteiger partial charge in [-0.2, -0.15) is 0 Å². The van der Waals surface area contributed by atoms with Gasteiger partial charge in [-0.3, -0.25) is 4.98 Å². The third kappa shape index (κ3) is 4.21. The fourth-order valence-electron chi connectivity index (χ4n) is 2.57. The third-order valence-corrected chi connectivity index (χ3v) is 4.38. The smallest absolute Gasteiger partial charge is 0.148 e. The van der Waals surface area contributed by atoms with Crippen molar-refractivity contribution < 1.29 is 4.74 Å². The Morgan fingerprint density at radius 1 is 1.12 bits per heavy atom. The zero-order chi connectivity index (χ0) is 17.6. The molecule has 0 spiro atoms. The molecule has 0 aliphatic carbocycles. The molecule has 6 nitrogen and oxygen atoms in total. The third-order valence-electron chi connectivity index (χ3n) is 3.96. The molecule has 130 valence electrons. The quantitative estimate of drug-likeness (QED) is 0.670. The van der Waals surface area contributed by atoms with Crippen molar-refractivity contribution in [1.82, 2.24) is 15.0 Å². The Bertz CT molecular complexity index is 809. The molecule has 1 aliphatic rings. The van der Waals surface area contributed by atoms with Crippen LogP contribution in [0.2, 0.25) is 0 Å². The molecule has 0 atom stereocenters. The molecule has 0 amide bonds. The van der Waals surface area contributed by atoms with E-state index in [2.05, 4.69) is 36.4 Å². The SMILES string of the molecule is CSNc1cc(C#Cc2c(C)ncnc2N2CCOCC2)cnc1C. The monoisotopic (exact) mass is 355 g/mol. The van der Waals surface area contributed by atoms with Crippen molar-refractivity contribution in [2.24, 2.45) is 0 Å². The number of anilines is 2. The van der Waals surface area contributed by atoms with Crippen LogP contribution >= 0.6 is 11.9 Å². The Labute approximate surface area is 152 Å². The minimum absolute atomic E-state index is 0.710. The number of morpholine rings is 1. The summed E-state index contributed by atoms with van der Waals surface area (Å²) < 4.78 is 8.66. The largest absolute Gasteiger partial charge is 0.378 e. The second-order valence-corrected chi connectivity index (χ2v) is 6.28. The number of ether oxygens (including phenoxy) is 1. The lowest BCUT2D eigenvalue weighted by atomic mass is 10.1. The highest BCUT2D eigenvalue weighted by molar-refractivity contribution is 7.99. The van der Waals surface area contributed by atoms with Crippen LogP contribution in [0.15, 0.2) is 18.6 Å². The van der Waals surface area contributed by atoms with Gasteiger partial charge in [0.05, 0.1) is 35.9 Å². The van der Waals surface area contributed by atoms with Crippen molar-refractivity contribution in [2.75, 3.05) is 42.2 Å². The number of pyridine rings is 1. The van der Waals surface area contributed by atoms with Crippen LogP contribution in [0.3, 0.4) is 0 Å². The lowest BCUT2D eigenvalue weighted by molar-refractivity contribution is 0.122. The molecule has 1 N–H and O–H groups in total. The van der Waals surface area contributed by atoms with Crippen LogP contribution in [0.25, 0.3) is 0 Å². The lowest BCUT2D eigenvalue weighted by Gasteiger charge is -2.28. The summed E-state index contributed by atoms with van der Waals surface area (Å²) in [6, 6.07) is 2.01. The van der Waals surface area contributed by atoms with Gasteiger partial charge in [-0.25, -0.2) is 9.97 Å². The zero-order valence-corrected chi connectivity index (χ0v) is 15.5. The fraction of sp³-hybridized carbons (Fsp3) is 0.389. The molecule has 1 aliphatic heterocycles. The van der Waals surface area contributed by atoms with E-state index in [0.29, 0.717) is 13.2 Å². The molecular formula is C18H21N5OS. The van der Waals surface area contributed by atoms with E-state index in [1.807, 2.05) is 26.2 Å². The molecule has 25 heavy (non-hydrogen) atoms. The highest BCUT2D eigenvalue weighted by atomic mass is 32.2. The topological polar surface area (TPSA) is 63.2 Å². The fourth-order valence-corrected chi connectivity index (χ4v) is 3.00. The summed E-state index contributed by atoms with van der Waals surface area (Å²) in [5.74, 6) is 7.34. The molecule has 0 radical (unpaired) electrons. The standard InChI is InChI=1S/C18H21N5OS/c1-13-16(18(21-12-20-13)23-6-8-24-9-7-23)5-4-15-10-17(22-25-3)14(2)19-11-15/h10-12,22H,6-9H2,1-3H3. The molecule has 2 aromatic heterocycles. The Morgan fingerprint density at radius 3 is 2.68 bits per heavy atom. The maximum absolute atomic E-state index is 5.43. The predicted molar refractivity (Wildman–Crippen MR) is 102 cm³/mol. The average molecular weight is 355 g/mol. The van der Waals surface area contributed by atoms with E-state index in [1.165, 1.54) is 11.9 Å². The van der Waals surface area contributed by atoms with Gasteiger partial charge in [0.2, 0.25) is 0 Å². The summed E-state index contributed by atoms with van der Waals surface area (Å²) in [5.41, 5.74) is 4.54. The number of rotatable bonds is 3. The second-order valence-electron chi connectivity index (χ2n) is 5.67. The first-order valence-electron chi connectivity index (χ1n) is 8.11. The summed E-state index contributed by atoms with van der Waals surface area (Å²) in [4.78, 5) is 15.4. The van der Waals surface area contributed by atoms with Crippen molar-refractivity contribution in [3.05, 3.63) is 41.1 Å². The van der Waals surface area contributed by atoms with E-state index >= 15 is 0 Å². The van der Waals surface area contributed by atoms with Crippen LogP contribution in [0, 0.1) is 25.7 Å². The van der Waals surface area contributed by atoms with E-state index in [1.54, 1.807) is 12.5 Å². The van der Waals surface area contributed by atoms with Crippen molar-refractivity contribution in [2.45, 2.75) is 13.8 Å². The van der Waals surface area contributed by atoms with Gasteiger partial charge in [0.1, 0.15) is 12.1 Å². The normalized spacial score (nSPS) is 14.0. The molecule has 1 fully saturated rings. The van der Waals surface area contributed by atoms with Gasteiger partial charge >= 0.3 is 0 Å². The minimum Gasteiger partial charge on any atom is -0.378 e. The maximum Gasteiger partial charge on any atom is 0.148 e. The predicted octanol–water partition coefficient (Wildman–Crippen LogP) is 2.41. The van der Waals surface area contributed by atoms with Crippen molar-refractivity contribution in [3.8, 4) is 11.8 Å². The molecule has 0 bridgehead atoms. The maximum atomic E-state index is 5.43. The highest BCUT2D eigenvalue weighted by Gasteiger charge is 2.17. The van der Waals surface area contributed by atoms with Gasteiger partial charge in [-0.1, -0.05) is 23.8 Å². The molecule has 1 saturated heterocycles. The van der Waals surface area contributed by atoms with Gasteiger partial charge in [-0.05, 0) is 19.9 Å². The van der Waals surface area contributed by atoms with E-state index in [0.717, 1.165) is 47.1 Å². The number of hydrogen-bond donors (Lipinski definition) is 1. The van der Waals surface area contributed by atoms with Crippen molar-refractivity contribution >= 4 is 23.5 Å². The summed E-state index contributed by atoms with van der Waals surface area (Å²) in [6.07, 6.45) is 5.37. The Kier molecular flexibility index (Phi) is 5.74. The molecule has 0 unspecified atom stereocenters. The first-order valence-corrected chi connectivity index (χ1v) is 9.33. The van der Waals surface area contributed by atoms with Crippen LogP contribution in [0.5, 0.6) is 0 Å². The van der Waals surface area contributed by atoms with Gasteiger partial charge < -0.3 is 14.4 Å². The average Bonchev–Trinajstić information content (AvgIpc) is 2.64. The molecule has 3 rings (SSSR count). The zero-order valence-electron chi connectivity index (χ0n) is 14.7. The van der Waals surface area contributed by atoms with Crippen LogP contribution in [-0.2, 0) is 4.74 Å². The van der Waals surface area contributed by atoms with Crippen LogP contribution in [0.1, 0.15) is 22.5 Å². The van der Waals surface area contributed by atoms with Crippen molar-refractivity contribution in [3.63, 3.8) is 0 Å². The Hall–Kier alpha value is -2.30. The lowest BCUT2D eigenvalue weighted by Crippen LogP contribution is -2.37. The van der Waals surface area contributed by atoms with Gasteiger partial charge in [-0.15, -0.1) is 0 Å². The van der Waals surface area contributed by atoms with E-state index < -0.39 is 0 Å². The van der Waals surface area contributed by atoms with E-state index in [-0.39, 0.29) is 0 Å². The molecular weight excluding hydrogens is 334 g/mol. The Balaban J connectivity index is 1.93. The molecule has 0 aromatic carbocycles. The minimum atomic E-state index is 0.710. The second kappa shape index (κ2) is 8.19. The summed E-state index contributed by atoms with van der Waals surface area (Å²) in [6.45, 7) is 6.99. The number of aromatic nitrogens is 3. The number of hydrogen-bond acceptors (Lipinski definition) is 7. The Morgan fingerprint density at radius 2 is 1.92 bits per heavy atom. The molecule has 7 heteroatoms. The summed E-state index contributed by atoms with van der Waals surface area (Å²) in [5, 5.41) is 0. The van der Waals surface area contributed by atoms with Gasteiger partial charge in [0.15, 0.2) is 0 Å². The van der Waals surface area contributed by atoms with E-state index in [9.17, 15) is 0 Å². The summed E-state index contributed by atoms with van der Waals surface area (Å²) in [7, 11) is 0. The number of nitrogens with zero attached hydrogens (tertiary/aromatic N) is 4. The molecule has 2 aromatic rings. The van der Waals surface area contributed by atoms with Gasteiger partial charge in [0.25, 0.3) is 0 Å². The van der Waals surface area contributed by atoms with E-state index in [4.69, 9.17) is 4.74 Å². The van der Waals surface area contributed by atoms with Crippen LogP contribution in [-0.4, -0.2) is 47.5 Å². The first kappa shape index (κ1) is 17.5. The first-order chi connectivity index (χ1) is 12.2. The number of aryl methyl sites for hydroxylation is 2. The van der Waals surface area contributed by atoms with Gasteiger partial charge in [0, 0.05) is 31.1 Å². The summed E-state index contributed by atoms with van der Waals surface area (Å²) >= 11 is 1.54.